The second-order valence-electron chi connectivity index (χ2n) is 3.46. The van der Waals surface area contributed by atoms with Gasteiger partial charge in [-0.2, -0.15) is 0 Å². The lowest BCUT2D eigenvalue weighted by atomic mass is 10.2. The average molecular weight is 242 g/mol. The van der Waals surface area contributed by atoms with Crippen molar-refractivity contribution in [3.05, 3.63) is 65.5 Å². The van der Waals surface area contributed by atoms with Gasteiger partial charge in [-0.1, -0.05) is 30.0 Å². The summed E-state index contributed by atoms with van der Waals surface area (Å²) in [5.74, 6) is 5.79. The fourth-order valence-corrected chi connectivity index (χ4v) is 2.01. The number of halogens is 1. The summed E-state index contributed by atoms with van der Waals surface area (Å²) >= 11 is 1.66. The lowest BCUT2D eigenvalue weighted by molar-refractivity contribution is 0.627. The number of rotatable bonds is 1. The largest absolute Gasteiger partial charge is 0.207 e. The van der Waals surface area contributed by atoms with Gasteiger partial charge in [0.25, 0.3) is 0 Å². The minimum atomic E-state index is -0.255. The van der Waals surface area contributed by atoms with Crippen molar-refractivity contribution >= 4 is 11.8 Å². The van der Waals surface area contributed by atoms with Crippen LogP contribution in [0.5, 0.6) is 0 Å². The Hall–Kier alpha value is -1.72. The summed E-state index contributed by atoms with van der Waals surface area (Å²) in [7, 11) is 0. The number of hydrogen-bond acceptors (Lipinski definition) is 1. The van der Waals surface area contributed by atoms with Crippen molar-refractivity contribution in [2.24, 2.45) is 0 Å². The zero-order valence-electron chi connectivity index (χ0n) is 9.41. The summed E-state index contributed by atoms with van der Waals surface area (Å²) < 4.78 is 13.0. The van der Waals surface area contributed by atoms with E-state index in [1.165, 1.54) is 12.1 Å². The first-order valence-corrected chi connectivity index (χ1v) is 6.42. The second kappa shape index (κ2) is 5.56. The van der Waals surface area contributed by atoms with Crippen molar-refractivity contribution in [2.75, 3.05) is 6.26 Å². The highest BCUT2D eigenvalue weighted by molar-refractivity contribution is 7.98. The molecule has 0 radical (unpaired) electrons. The molecule has 0 nitrogen and oxygen atoms in total. The summed E-state index contributed by atoms with van der Waals surface area (Å²) in [6, 6.07) is 14.3. The Labute approximate surface area is 105 Å². The molecule has 0 heterocycles. The van der Waals surface area contributed by atoms with Crippen LogP contribution in [0.3, 0.4) is 0 Å². The Morgan fingerprint density at radius 2 is 1.82 bits per heavy atom. The third-order valence-electron chi connectivity index (χ3n) is 2.27. The first-order valence-electron chi connectivity index (χ1n) is 5.20. The van der Waals surface area contributed by atoms with Crippen LogP contribution >= 0.6 is 11.8 Å². The molecule has 0 N–H and O–H groups in total. The molecule has 17 heavy (non-hydrogen) atoms. The maximum Gasteiger partial charge on any atom is 0.124 e. The van der Waals surface area contributed by atoms with E-state index < -0.39 is 0 Å². The van der Waals surface area contributed by atoms with Gasteiger partial charge in [0, 0.05) is 16.0 Å². The van der Waals surface area contributed by atoms with Crippen LogP contribution in [0, 0.1) is 17.7 Å². The Kier molecular flexibility index (Phi) is 3.85. The van der Waals surface area contributed by atoms with Crippen LogP contribution in [0.25, 0.3) is 0 Å². The van der Waals surface area contributed by atoms with E-state index in [1.54, 1.807) is 23.9 Å². The molecule has 0 spiro atoms. The van der Waals surface area contributed by atoms with Gasteiger partial charge < -0.3 is 0 Å². The van der Waals surface area contributed by atoms with Crippen LogP contribution in [-0.2, 0) is 0 Å². The average Bonchev–Trinajstić information content (AvgIpc) is 2.37. The standard InChI is InChI=1S/C15H11FS/c1-17-15-8-3-2-6-13(15)10-9-12-5-4-7-14(16)11-12/h2-8,11H,1H3. The Bertz CT molecular complexity index is 579. The molecule has 0 saturated carbocycles. The highest BCUT2D eigenvalue weighted by Crippen LogP contribution is 2.18. The zero-order chi connectivity index (χ0) is 12.1. The summed E-state index contributed by atoms with van der Waals surface area (Å²) in [5.41, 5.74) is 1.67. The fourth-order valence-electron chi connectivity index (χ4n) is 1.45. The van der Waals surface area contributed by atoms with E-state index >= 15 is 0 Å². The highest BCUT2D eigenvalue weighted by atomic mass is 32.2. The van der Waals surface area contributed by atoms with Gasteiger partial charge in [-0.25, -0.2) is 4.39 Å². The van der Waals surface area contributed by atoms with E-state index in [9.17, 15) is 4.39 Å². The molecule has 2 rings (SSSR count). The van der Waals surface area contributed by atoms with Crippen LogP contribution < -0.4 is 0 Å². The number of thioether (sulfide) groups is 1. The molecule has 2 aromatic rings. The molecule has 0 aliphatic rings. The van der Waals surface area contributed by atoms with E-state index in [0.717, 1.165) is 10.5 Å². The zero-order valence-corrected chi connectivity index (χ0v) is 10.2. The summed E-state index contributed by atoms with van der Waals surface area (Å²) in [4.78, 5) is 1.14. The molecule has 0 atom stereocenters. The molecule has 84 valence electrons. The predicted octanol–water partition coefficient (Wildman–Crippen LogP) is 3.95. The molecule has 0 saturated heterocycles. The van der Waals surface area contributed by atoms with Gasteiger partial charge in [0.05, 0.1) is 0 Å². The van der Waals surface area contributed by atoms with Crippen molar-refractivity contribution in [1.82, 2.24) is 0 Å². The van der Waals surface area contributed by atoms with Crippen LogP contribution in [0.2, 0.25) is 0 Å². The van der Waals surface area contributed by atoms with Crippen molar-refractivity contribution in [3.63, 3.8) is 0 Å². The minimum Gasteiger partial charge on any atom is -0.207 e. The molecular formula is C15H11FS. The molecule has 0 amide bonds. The minimum absolute atomic E-state index is 0.255. The summed E-state index contributed by atoms with van der Waals surface area (Å²) in [6.45, 7) is 0. The molecule has 0 aliphatic heterocycles. The molecule has 0 unspecified atom stereocenters. The third kappa shape index (κ3) is 3.12. The Morgan fingerprint density at radius 3 is 2.59 bits per heavy atom. The second-order valence-corrected chi connectivity index (χ2v) is 4.31. The molecule has 0 bridgehead atoms. The van der Waals surface area contributed by atoms with Crippen molar-refractivity contribution < 1.29 is 4.39 Å². The normalized spacial score (nSPS) is 9.53. The number of benzene rings is 2. The van der Waals surface area contributed by atoms with Crippen LogP contribution in [-0.4, -0.2) is 6.26 Å². The van der Waals surface area contributed by atoms with Gasteiger partial charge in [-0.3, -0.25) is 0 Å². The van der Waals surface area contributed by atoms with Gasteiger partial charge in [0.2, 0.25) is 0 Å². The van der Waals surface area contributed by atoms with E-state index in [0.29, 0.717) is 5.56 Å². The number of hydrogen-bond donors (Lipinski definition) is 0. The predicted molar refractivity (Wildman–Crippen MR) is 70.6 cm³/mol. The van der Waals surface area contributed by atoms with E-state index in [1.807, 2.05) is 30.5 Å². The lowest BCUT2D eigenvalue weighted by Gasteiger charge is -1.98. The SMILES string of the molecule is CSc1ccccc1C#Cc1cccc(F)c1. The summed E-state index contributed by atoms with van der Waals surface area (Å²) in [6.07, 6.45) is 2.02. The molecular weight excluding hydrogens is 231 g/mol. The molecule has 0 aromatic heterocycles. The first-order chi connectivity index (χ1) is 8.29. The fraction of sp³-hybridized carbons (Fsp3) is 0.0667. The van der Waals surface area contributed by atoms with Crippen molar-refractivity contribution in [3.8, 4) is 11.8 Å². The topological polar surface area (TPSA) is 0 Å². The molecule has 0 fully saturated rings. The van der Waals surface area contributed by atoms with E-state index in [2.05, 4.69) is 11.8 Å². The van der Waals surface area contributed by atoms with Crippen molar-refractivity contribution in [2.45, 2.75) is 4.90 Å². The van der Waals surface area contributed by atoms with Crippen molar-refractivity contribution in [1.29, 1.82) is 0 Å². The van der Waals surface area contributed by atoms with Gasteiger partial charge in [-0.15, -0.1) is 11.8 Å². The summed E-state index contributed by atoms with van der Waals surface area (Å²) in [5, 5.41) is 0. The van der Waals surface area contributed by atoms with Gasteiger partial charge in [0.15, 0.2) is 0 Å². The molecule has 2 aromatic carbocycles. The Balaban J connectivity index is 2.33. The molecule has 0 aliphatic carbocycles. The van der Waals surface area contributed by atoms with Gasteiger partial charge >= 0.3 is 0 Å². The third-order valence-corrected chi connectivity index (χ3v) is 3.07. The highest BCUT2D eigenvalue weighted by Gasteiger charge is 1.96. The van der Waals surface area contributed by atoms with Crippen LogP contribution in [0.15, 0.2) is 53.4 Å². The Morgan fingerprint density at radius 1 is 1.00 bits per heavy atom. The van der Waals surface area contributed by atoms with E-state index in [4.69, 9.17) is 0 Å². The lowest BCUT2D eigenvalue weighted by Crippen LogP contribution is -1.81. The quantitative estimate of drug-likeness (QED) is 0.539. The van der Waals surface area contributed by atoms with Gasteiger partial charge in [-0.05, 0) is 36.6 Å². The van der Waals surface area contributed by atoms with Crippen LogP contribution in [0.4, 0.5) is 4.39 Å². The van der Waals surface area contributed by atoms with Crippen LogP contribution in [0.1, 0.15) is 11.1 Å². The maximum absolute atomic E-state index is 13.0. The monoisotopic (exact) mass is 242 g/mol. The van der Waals surface area contributed by atoms with Gasteiger partial charge in [0.1, 0.15) is 5.82 Å². The maximum atomic E-state index is 13.0. The van der Waals surface area contributed by atoms with E-state index in [-0.39, 0.29) is 5.82 Å². The first kappa shape index (κ1) is 11.8. The smallest absolute Gasteiger partial charge is 0.124 e. The molecule has 2 heteroatoms.